The molecule has 2 aliphatic heterocycles. The van der Waals surface area contributed by atoms with Crippen molar-refractivity contribution in [2.24, 2.45) is 0 Å². The summed E-state index contributed by atoms with van der Waals surface area (Å²) >= 11 is 0. The average molecular weight is 294 g/mol. The maximum atomic E-state index is 5.98. The molecule has 22 heavy (non-hydrogen) atoms. The highest BCUT2D eigenvalue weighted by Gasteiger charge is 2.33. The van der Waals surface area contributed by atoms with E-state index in [9.17, 15) is 0 Å². The molecule has 0 bridgehead atoms. The Morgan fingerprint density at radius 1 is 1.23 bits per heavy atom. The third-order valence-corrected chi connectivity index (χ3v) is 4.61. The number of hydrogen-bond donors (Lipinski definition) is 0. The highest BCUT2D eigenvalue weighted by Crippen LogP contribution is 2.18. The molecule has 4 rings (SSSR count). The van der Waals surface area contributed by atoms with Gasteiger partial charge in [-0.05, 0) is 39.0 Å². The molecule has 0 aromatic carbocycles. The summed E-state index contributed by atoms with van der Waals surface area (Å²) in [4.78, 5) is 11.2. The van der Waals surface area contributed by atoms with Crippen molar-refractivity contribution in [2.75, 3.05) is 14.1 Å². The molecular weight excluding hydrogens is 275 g/mol. The first kappa shape index (κ1) is 13.3. The molecule has 0 unspecified atom stereocenters. The van der Waals surface area contributed by atoms with Gasteiger partial charge >= 0.3 is 6.98 Å². The van der Waals surface area contributed by atoms with Crippen LogP contribution in [0.1, 0.15) is 12.6 Å². The highest BCUT2D eigenvalue weighted by molar-refractivity contribution is 6.69. The van der Waals surface area contributed by atoms with Gasteiger partial charge in [-0.15, -0.1) is 0 Å². The topological polar surface area (TPSA) is 35.8 Å². The van der Waals surface area contributed by atoms with Crippen LogP contribution in [0.25, 0.3) is 23.3 Å². The summed E-state index contributed by atoms with van der Waals surface area (Å²) < 4.78 is 5.98. The second-order valence-corrected chi connectivity index (χ2v) is 6.10. The quantitative estimate of drug-likeness (QED) is 0.723. The van der Waals surface area contributed by atoms with E-state index < -0.39 is 0 Å². The van der Waals surface area contributed by atoms with Crippen LogP contribution in [0.15, 0.2) is 28.9 Å². The van der Waals surface area contributed by atoms with Gasteiger partial charge in [0.1, 0.15) is 5.42 Å². The van der Waals surface area contributed by atoms with E-state index in [4.69, 9.17) is 4.42 Å². The molecular formula is C16H19BN4O. The van der Waals surface area contributed by atoms with Crippen LogP contribution in [0, 0.1) is 6.92 Å². The molecule has 2 aromatic rings. The molecule has 0 spiro atoms. The fraction of sp³-hybridized carbons (Fsp3) is 0.312. The average Bonchev–Trinajstić information content (AvgIpc) is 2.99. The number of furan rings is 1. The number of rotatable bonds is 1. The molecule has 5 nitrogen and oxygen atoms in total. The third-order valence-electron chi connectivity index (χ3n) is 4.61. The molecule has 0 N–H and O–H groups in total. The van der Waals surface area contributed by atoms with Gasteiger partial charge in [-0.25, -0.2) is 4.98 Å². The number of aryl methyl sites for hydroxylation is 1. The van der Waals surface area contributed by atoms with E-state index in [0.717, 1.165) is 21.7 Å². The van der Waals surface area contributed by atoms with Gasteiger partial charge in [0.05, 0.1) is 6.17 Å². The van der Waals surface area contributed by atoms with E-state index in [1.807, 2.05) is 13.0 Å². The molecule has 112 valence electrons. The Morgan fingerprint density at radius 2 is 2.05 bits per heavy atom. The molecule has 2 aromatic heterocycles. The van der Waals surface area contributed by atoms with Gasteiger partial charge in [-0.1, -0.05) is 0 Å². The number of nitrogens with zero attached hydrogens (tertiary/aromatic N) is 4. The van der Waals surface area contributed by atoms with Crippen LogP contribution in [0.2, 0.25) is 0 Å². The molecule has 0 amide bonds. The first-order valence-corrected chi connectivity index (χ1v) is 7.54. The van der Waals surface area contributed by atoms with E-state index in [1.54, 1.807) is 0 Å². The van der Waals surface area contributed by atoms with Crippen molar-refractivity contribution >= 4 is 30.3 Å². The number of aromatic nitrogens is 1. The maximum Gasteiger partial charge on any atom is 0.408 e. The fourth-order valence-corrected chi connectivity index (χ4v) is 3.14. The fourth-order valence-electron chi connectivity index (χ4n) is 3.14. The minimum atomic E-state index is 0.144. The lowest BCUT2D eigenvalue weighted by Crippen LogP contribution is -2.53. The molecule has 0 saturated heterocycles. The van der Waals surface area contributed by atoms with Crippen molar-refractivity contribution in [1.82, 2.24) is 19.5 Å². The predicted octanol–water partition coefficient (Wildman–Crippen LogP) is 0.692. The Morgan fingerprint density at radius 3 is 2.77 bits per heavy atom. The first-order valence-electron chi connectivity index (χ1n) is 7.54. The summed E-state index contributed by atoms with van der Waals surface area (Å²) in [6.45, 7) is 4.32. The Balaban J connectivity index is 1.86. The summed E-state index contributed by atoms with van der Waals surface area (Å²) in [6.07, 6.45) is 6.71. The minimum absolute atomic E-state index is 0.144. The van der Waals surface area contributed by atoms with Gasteiger partial charge in [0, 0.05) is 41.9 Å². The summed E-state index contributed by atoms with van der Waals surface area (Å²) in [5.41, 5.74) is 2.60. The van der Waals surface area contributed by atoms with Crippen molar-refractivity contribution in [1.29, 1.82) is 0 Å². The van der Waals surface area contributed by atoms with Gasteiger partial charge < -0.3 is 18.9 Å². The molecule has 0 aliphatic carbocycles. The second-order valence-electron chi connectivity index (χ2n) is 6.10. The lowest BCUT2D eigenvalue weighted by molar-refractivity contribution is 0.266. The SMILES string of the molecule is Cc1ccc2c3c(oc2n1)=CB(N1C=CN(C)[C@@H]1C)N(C)C=3. The Labute approximate surface area is 129 Å². The summed E-state index contributed by atoms with van der Waals surface area (Å²) in [7, 11) is 4.19. The van der Waals surface area contributed by atoms with Crippen LogP contribution in [0.3, 0.4) is 0 Å². The largest absolute Gasteiger partial charge is 0.439 e. The smallest absolute Gasteiger partial charge is 0.408 e. The number of pyridine rings is 1. The van der Waals surface area contributed by atoms with E-state index in [-0.39, 0.29) is 6.98 Å². The zero-order valence-electron chi connectivity index (χ0n) is 13.3. The van der Waals surface area contributed by atoms with Crippen molar-refractivity contribution in [2.45, 2.75) is 20.0 Å². The molecule has 0 saturated carbocycles. The Kier molecular flexibility index (Phi) is 2.76. The third kappa shape index (κ3) is 1.83. The normalized spacial score (nSPS) is 20.5. The standard InChI is InChI=1S/C16H19BN4O/c1-11-5-6-13-14-10-20(4)17(9-15(14)22-16(13)18-11)21-8-7-19(3)12(21)2/h5-10,12H,1-4H3/t12-/m0/s1. The van der Waals surface area contributed by atoms with Gasteiger partial charge in [-0.3, -0.25) is 0 Å². The van der Waals surface area contributed by atoms with Gasteiger partial charge in [0.15, 0.2) is 0 Å². The molecule has 0 fully saturated rings. The Hall–Kier alpha value is -2.37. The van der Waals surface area contributed by atoms with E-state index in [1.165, 1.54) is 0 Å². The zero-order valence-corrected chi connectivity index (χ0v) is 13.3. The lowest BCUT2D eigenvalue weighted by Gasteiger charge is -2.35. The highest BCUT2D eigenvalue weighted by atomic mass is 16.3. The van der Waals surface area contributed by atoms with Crippen LogP contribution < -0.4 is 10.6 Å². The number of fused-ring (bicyclic) bond motifs is 3. The summed E-state index contributed by atoms with van der Waals surface area (Å²) in [6, 6.07) is 4.11. The Bertz CT molecular complexity index is 887. The van der Waals surface area contributed by atoms with Crippen LogP contribution >= 0.6 is 0 Å². The molecule has 2 aliphatic rings. The van der Waals surface area contributed by atoms with E-state index in [2.05, 4.69) is 71.2 Å². The van der Waals surface area contributed by atoms with E-state index in [0.29, 0.717) is 11.9 Å². The van der Waals surface area contributed by atoms with Crippen LogP contribution in [-0.2, 0) is 0 Å². The van der Waals surface area contributed by atoms with Crippen molar-refractivity contribution < 1.29 is 4.42 Å². The van der Waals surface area contributed by atoms with Gasteiger partial charge in [-0.2, -0.15) is 0 Å². The molecule has 6 heteroatoms. The van der Waals surface area contributed by atoms with Crippen molar-refractivity contribution in [3.8, 4) is 0 Å². The summed E-state index contributed by atoms with van der Waals surface area (Å²) in [5.74, 6) is 2.17. The minimum Gasteiger partial charge on any atom is -0.439 e. The molecule has 4 heterocycles. The van der Waals surface area contributed by atoms with Crippen molar-refractivity contribution in [3.05, 3.63) is 40.9 Å². The number of hydrogen-bond acceptors (Lipinski definition) is 5. The first-order chi connectivity index (χ1) is 10.5. The monoisotopic (exact) mass is 294 g/mol. The lowest BCUT2D eigenvalue weighted by atomic mass is 9.70. The van der Waals surface area contributed by atoms with Crippen LogP contribution in [-0.4, -0.2) is 46.7 Å². The molecule has 1 atom stereocenters. The molecule has 0 radical (unpaired) electrons. The maximum absolute atomic E-state index is 5.98. The predicted molar refractivity (Wildman–Crippen MR) is 88.6 cm³/mol. The zero-order chi connectivity index (χ0) is 15.4. The second kappa shape index (κ2) is 4.56. The van der Waals surface area contributed by atoms with Crippen LogP contribution in [0.4, 0.5) is 0 Å². The van der Waals surface area contributed by atoms with E-state index >= 15 is 0 Å². The van der Waals surface area contributed by atoms with Crippen LogP contribution in [0.5, 0.6) is 0 Å². The van der Waals surface area contributed by atoms with Crippen molar-refractivity contribution in [3.63, 3.8) is 0 Å². The van der Waals surface area contributed by atoms with Gasteiger partial charge in [0.25, 0.3) is 0 Å². The van der Waals surface area contributed by atoms with Gasteiger partial charge in [0.2, 0.25) is 5.71 Å². The summed E-state index contributed by atoms with van der Waals surface area (Å²) in [5, 5.41) is 2.19.